The topological polar surface area (TPSA) is 36.0 Å². The van der Waals surface area contributed by atoms with E-state index in [-0.39, 0.29) is 17.3 Å². The van der Waals surface area contributed by atoms with Crippen LogP contribution in [0.2, 0.25) is 0 Å². The standard InChI is InChI=1S/C39H36FN3O2/c1-45-31-16-11-28(12-17-31)26-43-36-18-13-29(32-5-4-6-33(37(32)36)38(43)44)25-27-9-14-30(15-10-27)39(19-20-39)42-23-21-41(22-24-42)35-8-3-2-7-34(35)40/h2-18H,19-26H2,1H3. The van der Waals surface area contributed by atoms with Crippen LogP contribution in [0.5, 0.6) is 5.75 Å². The Kier molecular flexibility index (Phi) is 6.83. The Morgan fingerprint density at radius 1 is 0.756 bits per heavy atom. The third kappa shape index (κ3) is 4.84. The number of ether oxygens (including phenoxy) is 1. The van der Waals surface area contributed by atoms with Gasteiger partial charge in [0, 0.05) is 42.7 Å². The number of carbonyl (C=O) groups excluding carboxylic acids is 1. The van der Waals surface area contributed by atoms with E-state index in [1.54, 1.807) is 19.2 Å². The van der Waals surface area contributed by atoms with Crippen LogP contribution in [-0.2, 0) is 18.5 Å². The molecule has 5 aromatic rings. The third-order valence-corrected chi connectivity index (χ3v) is 10.1. The van der Waals surface area contributed by atoms with Crippen LogP contribution < -0.4 is 14.5 Å². The number of anilines is 2. The molecule has 2 aliphatic heterocycles. The Labute approximate surface area is 263 Å². The maximum Gasteiger partial charge on any atom is 0.259 e. The van der Waals surface area contributed by atoms with Gasteiger partial charge in [-0.2, -0.15) is 0 Å². The molecule has 0 bridgehead atoms. The molecule has 1 saturated carbocycles. The molecule has 0 unspecified atom stereocenters. The van der Waals surface area contributed by atoms with Crippen molar-refractivity contribution < 1.29 is 13.9 Å². The lowest BCUT2D eigenvalue weighted by Crippen LogP contribution is -2.50. The van der Waals surface area contributed by atoms with E-state index in [1.807, 2.05) is 53.4 Å². The van der Waals surface area contributed by atoms with Gasteiger partial charge in [0.25, 0.3) is 5.91 Å². The van der Waals surface area contributed by atoms with Gasteiger partial charge in [-0.1, -0.05) is 66.7 Å². The van der Waals surface area contributed by atoms with Gasteiger partial charge in [0.05, 0.1) is 25.0 Å². The number of rotatable bonds is 8. The predicted molar refractivity (Wildman–Crippen MR) is 178 cm³/mol. The molecule has 2 heterocycles. The van der Waals surface area contributed by atoms with Gasteiger partial charge >= 0.3 is 0 Å². The molecule has 1 saturated heterocycles. The second-order valence-corrected chi connectivity index (χ2v) is 12.5. The molecule has 5 aromatic carbocycles. The average molecular weight is 598 g/mol. The van der Waals surface area contributed by atoms with E-state index in [4.69, 9.17) is 4.74 Å². The van der Waals surface area contributed by atoms with Crippen molar-refractivity contribution in [2.24, 2.45) is 0 Å². The average Bonchev–Trinajstić information content (AvgIpc) is 3.85. The van der Waals surface area contributed by atoms with E-state index in [2.05, 4.69) is 52.3 Å². The van der Waals surface area contributed by atoms with Crippen molar-refractivity contribution >= 4 is 28.1 Å². The molecular formula is C39H36FN3O2. The molecule has 1 amide bonds. The maximum absolute atomic E-state index is 14.4. The van der Waals surface area contributed by atoms with Gasteiger partial charge in [0.2, 0.25) is 0 Å². The maximum atomic E-state index is 14.4. The number of hydrogen-bond donors (Lipinski definition) is 0. The summed E-state index contributed by atoms with van der Waals surface area (Å²) >= 11 is 0. The molecule has 5 nitrogen and oxygen atoms in total. The van der Waals surface area contributed by atoms with E-state index < -0.39 is 0 Å². The number of para-hydroxylation sites is 1. The molecule has 3 aliphatic rings. The van der Waals surface area contributed by atoms with Crippen LogP contribution in [0, 0.1) is 5.82 Å². The van der Waals surface area contributed by atoms with E-state index in [0.29, 0.717) is 12.2 Å². The van der Waals surface area contributed by atoms with Gasteiger partial charge in [-0.05, 0) is 83.3 Å². The first-order chi connectivity index (χ1) is 22.0. The van der Waals surface area contributed by atoms with Crippen LogP contribution in [0.1, 0.15) is 45.5 Å². The van der Waals surface area contributed by atoms with Crippen molar-refractivity contribution in [1.82, 2.24) is 4.90 Å². The first-order valence-electron chi connectivity index (χ1n) is 15.9. The molecule has 0 N–H and O–H groups in total. The molecule has 0 spiro atoms. The number of piperazine rings is 1. The second-order valence-electron chi connectivity index (χ2n) is 12.5. The first kappa shape index (κ1) is 27.8. The highest BCUT2D eigenvalue weighted by atomic mass is 19.1. The first-order valence-corrected chi connectivity index (χ1v) is 15.9. The number of hydrogen-bond acceptors (Lipinski definition) is 4. The summed E-state index contributed by atoms with van der Waals surface area (Å²) in [4.78, 5) is 20.2. The summed E-state index contributed by atoms with van der Waals surface area (Å²) in [6.07, 6.45) is 3.14. The minimum atomic E-state index is -0.139. The van der Waals surface area contributed by atoms with Crippen LogP contribution in [0.25, 0.3) is 10.8 Å². The van der Waals surface area contributed by atoms with Crippen LogP contribution in [-0.4, -0.2) is 44.1 Å². The summed E-state index contributed by atoms with van der Waals surface area (Å²) < 4.78 is 19.7. The van der Waals surface area contributed by atoms with E-state index in [9.17, 15) is 9.18 Å². The SMILES string of the molecule is COc1ccc(CN2C(=O)c3cccc4c(Cc5ccc(C6(N7CCN(c8ccccc8F)CC7)CC6)cc5)ccc2c34)cc1. The third-order valence-electron chi connectivity index (χ3n) is 10.1. The highest BCUT2D eigenvalue weighted by Gasteiger charge is 2.49. The Morgan fingerprint density at radius 3 is 2.20 bits per heavy atom. The number of benzene rings is 5. The van der Waals surface area contributed by atoms with Crippen molar-refractivity contribution in [3.63, 3.8) is 0 Å². The number of nitrogens with zero attached hydrogens (tertiary/aromatic N) is 3. The van der Waals surface area contributed by atoms with E-state index in [1.165, 1.54) is 29.5 Å². The lowest BCUT2D eigenvalue weighted by molar-refractivity contribution is 0.0991. The van der Waals surface area contributed by atoms with Crippen molar-refractivity contribution in [3.05, 3.63) is 137 Å². The quantitative estimate of drug-likeness (QED) is 0.185. The second kappa shape index (κ2) is 11.0. The van der Waals surface area contributed by atoms with Crippen LogP contribution in [0.4, 0.5) is 15.8 Å². The van der Waals surface area contributed by atoms with E-state index >= 15 is 0 Å². The molecule has 6 heteroatoms. The highest BCUT2D eigenvalue weighted by molar-refractivity contribution is 6.25. The van der Waals surface area contributed by atoms with Gasteiger partial charge in [-0.3, -0.25) is 9.69 Å². The van der Waals surface area contributed by atoms with Gasteiger partial charge in [0.15, 0.2) is 0 Å². The Bertz CT molecular complexity index is 1890. The van der Waals surface area contributed by atoms with E-state index in [0.717, 1.165) is 65.9 Å². The monoisotopic (exact) mass is 597 g/mol. The van der Waals surface area contributed by atoms with Crippen LogP contribution in [0.15, 0.2) is 103 Å². The fraction of sp³-hybridized carbons (Fsp3) is 0.256. The van der Waals surface area contributed by atoms with Crippen LogP contribution >= 0.6 is 0 Å². The number of halogens is 1. The summed E-state index contributed by atoms with van der Waals surface area (Å²) in [6, 6.07) is 34.6. The summed E-state index contributed by atoms with van der Waals surface area (Å²) in [5.41, 5.74) is 7.51. The Morgan fingerprint density at radius 2 is 1.49 bits per heavy atom. The number of methoxy groups -OCH3 is 1. The van der Waals surface area contributed by atoms with Crippen molar-refractivity contribution in [3.8, 4) is 5.75 Å². The minimum Gasteiger partial charge on any atom is -0.497 e. The molecule has 0 radical (unpaired) electrons. The fourth-order valence-corrected chi connectivity index (χ4v) is 7.47. The number of carbonyl (C=O) groups is 1. The summed E-state index contributed by atoms with van der Waals surface area (Å²) in [6.45, 7) is 4.07. The zero-order chi connectivity index (χ0) is 30.5. The van der Waals surface area contributed by atoms with Gasteiger partial charge in [-0.15, -0.1) is 0 Å². The minimum absolute atomic E-state index is 0.0531. The molecule has 45 heavy (non-hydrogen) atoms. The van der Waals surface area contributed by atoms with Crippen LogP contribution in [0.3, 0.4) is 0 Å². The fourth-order valence-electron chi connectivity index (χ4n) is 7.47. The smallest absolute Gasteiger partial charge is 0.259 e. The molecule has 226 valence electrons. The lowest BCUT2D eigenvalue weighted by atomic mass is 9.94. The predicted octanol–water partition coefficient (Wildman–Crippen LogP) is 7.55. The molecule has 1 aliphatic carbocycles. The molecule has 2 fully saturated rings. The molecule has 0 aromatic heterocycles. The summed E-state index contributed by atoms with van der Waals surface area (Å²) in [5.74, 6) is 0.721. The molecule has 8 rings (SSSR count). The van der Waals surface area contributed by atoms with Crippen molar-refractivity contribution in [2.45, 2.75) is 31.3 Å². The van der Waals surface area contributed by atoms with Gasteiger partial charge in [0.1, 0.15) is 11.6 Å². The number of amides is 1. The normalized spacial score (nSPS) is 17.2. The summed E-state index contributed by atoms with van der Waals surface area (Å²) in [7, 11) is 1.66. The highest BCUT2D eigenvalue weighted by Crippen LogP contribution is 2.51. The van der Waals surface area contributed by atoms with Crippen molar-refractivity contribution in [1.29, 1.82) is 0 Å². The van der Waals surface area contributed by atoms with Gasteiger partial charge < -0.3 is 14.5 Å². The largest absolute Gasteiger partial charge is 0.497 e. The Hall–Kier alpha value is -4.68. The van der Waals surface area contributed by atoms with Gasteiger partial charge in [-0.25, -0.2) is 4.39 Å². The lowest BCUT2D eigenvalue weighted by Gasteiger charge is -2.41. The Balaban J connectivity index is 0.990. The molecule has 0 atom stereocenters. The summed E-state index contributed by atoms with van der Waals surface area (Å²) in [5, 5.41) is 2.20. The molecular weight excluding hydrogens is 561 g/mol. The zero-order valence-corrected chi connectivity index (χ0v) is 25.5. The zero-order valence-electron chi connectivity index (χ0n) is 25.5. The van der Waals surface area contributed by atoms with Crippen molar-refractivity contribution in [2.75, 3.05) is 43.1 Å².